The van der Waals surface area contributed by atoms with Crippen LogP contribution in [0.3, 0.4) is 0 Å². The predicted molar refractivity (Wildman–Crippen MR) is 75.1 cm³/mol. The van der Waals surface area contributed by atoms with Crippen LogP contribution < -0.4 is 15.8 Å². The molecule has 0 fully saturated rings. The fourth-order valence-corrected chi connectivity index (χ4v) is 1.79. The number of carbonyl (C=O) groups is 1. The first-order chi connectivity index (χ1) is 10.1. The van der Waals surface area contributed by atoms with Crippen molar-refractivity contribution in [3.8, 4) is 5.75 Å². The number of amides is 1. The summed E-state index contributed by atoms with van der Waals surface area (Å²) in [5.74, 6) is -0.618. The van der Waals surface area contributed by atoms with Gasteiger partial charge in [0.25, 0.3) is 0 Å². The highest BCUT2D eigenvalue weighted by Crippen LogP contribution is 2.26. The topological polar surface area (TPSA) is 64.4 Å². The van der Waals surface area contributed by atoms with Crippen LogP contribution in [0.15, 0.2) is 54.6 Å². The smallest absolute Gasteiger partial charge is 0.387 e. The zero-order valence-corrected chi connectivity index (χ0v) is 11.0. The zero-order chi connectivity index (χ0) is 15.2. The summed E-state index contributed by atoms with van der Waals surface area (Å²) < 4.78 is 28.9. The van der Waals surface area contributed by atoms with Gasteiger partial charge in [-0.1, -0.05) is 42.5 Å². The SMILES string of the molecule is NC(C(=O)Nc1ccccc1OC(F)F)c1ccccc1. The van der Waals surface area contributed by atoms with Crippen LogP contribution in [-0.4, -0.2) is 12.5 Å². The van der Waals surface area contributed by atoms with E-state index in [1.807, 2.05) is 0 Å². The fourth-order valence-electron chi connectivity index (χ4n) is 1.79. The minimum atomic E-state index is -2.97. The van der Waals surface area contributed by atoms with Gasteiger partial charge >= 0.3 is 6.61 Å². The molecule has 0 saturated heterocycles. The summed E-state index contributed by atoms with van der Waals surface area (Å²) in [6.07, 6.45) is 0. The van der Waals surface area contributed by atoms with Crippen LogP contribution in [0.2, 0.25) is 0 Å². The van der Waals surface area contributed by atoms with Crippen molar-refractivity contribution in [1.29, 1.82) is 0 Å². The summed E-state index contributed by atoms with van der Waals surface area (Å²) in [5.41, 5.74) is 6.61. The molecule has 2 aromatic carbocycles. The van der Waals surface area contributed by atoms with E-state index in [2.05, 4.69) is 10.1 Å². The Balaban J connectivity index is 2.13. The molecule has 1 atom stereocenters. The van der Waals surface area contributed by atoms with Crippen molar-refractivity contribution in [1.82, 2.24) is 0 Å². The summed E-state index contributed by atoms with van der Waals surface area (Å²) in [7, 11) is 0. The second kappa shape index (κ2) is 6.81. The van der Waals surface area contributed by atoms with Gasteiger partial charge in [0.15, 0.2) is 0 Å². The first kappa shape index (κ1) is 14.9. The Morgan fingerprint density at radius 3 is 2.33 bits per heavy atom. The average molecular weight is 292 g/mol. The van der Waals surface area contributed by atoms with Crippen molar-refractivity contribution >= 4 is 11.6 Å². The van der Waals surface area contributed by atoms with Crippen LogP contribution in [0, 0.1) is 0 Å². The molecule has 0 radical (unpaired) electrons. The van der Waals surface area contributed by atoms with Crippen LogP contribution in [0.5, 0.6) is 5.75 Å². The highest BCUT2D eigenvalue weighted by Gasteiger charge is 2.18. The van der Waals surface area contributed by atoms with E-state index in [9.17, 15) is 13.6 Å². The highest BCUT2D eigenvalue weighted by atomic mass is 19.3. The standard InChI is InChI=1S/C15H14F2N2O2/c16-15(17)21-12-9-5-4-8-11(12)19-14(20)13(18)10-6-2-1-3-7-10/h1-9,13,15H,18H2,(H,19,20). The van der Waals surface area contributed by atoms with E-state index >= 15 is 0 Å². The number of hydrogen-bond donors (Lipinski definition) is 2. The summed E-state index contributed by atoms with van der Waals surface area (Å²) in [4.78, 5) is 12.1. The van der Waals surface area contributed by atoms with Crippen molar-refractivity contribution in [3.05, 3.63) is 60.2 Å². The number of rotatable bonds is 5. The summed E-state index contributed by atoms with van der Waals surface area (Å²) in [6.45, 7) is -2.97. The molecule has 6 heteroatoms. The molecule has 0 aromatic heterocycles. The number of hydrogen-bond acceptors (Lipinski definition) is 3. The monoisotopic (exact) mass is 292 g/mol. The third kappa shape index (κ3) is 4.00. The number of anilines is 1. The van der Waals surface area contributed by atoms with E-state index in [1.165, 1.54) is 18.2 Å². The molecule has 21 heavy (non-hydrogen) atoms. The first-order valence-electron chi connectivity index (χ1n) is 6.23. The Morgan fingerprint density at radius 2 is 1.67 bits per heavy atom. The molecule has 2 rings (SSSR count). The van der Waals surface area contributed by atoms with E-state index in [-0.39, 0.29) is 11.4 Å². The van der Waals surface area contributed by atoms with Gasteiger partial charge in [0.2, 0.25) is 5.91 Å². The second-order valence-corrected chi connectivity index (χ2v) is 4.25. The molecular formula is C15H14F2N2O2. The van der Waals surface area contributed by atoms with Gasteiger partial charge in [-0.25, -0.2) is 0 Å². The summed E-state index contributed by atoms with van der Waals surface area (Å²) in [6, 6.07) is 13.8. The average Bonchev–Trinajstić information content (AvgIpc) is 2.49. The van der Waals surface area contributed by atoms with Gasteiger partial charge in [0.1, 0.15) is 11.8 Å². The van der Waals surface area contributed by atoms with Gasteiger partial charge in [-0.15, -0.1) is 0 Å². The predicted octanol–water partition coefficient (Wildman–Crippen LogP) is 2.93. The lowest BCUT2D eigenvalue weighted by atomic mass is 10.1. The molecule has 0 aliphatic rings. The molecule has 3 N–H and O–H groups in total. The molecule has 0 saturated carbocycles. The van der Waals surface area contributed by atoms with Gasteiger partial charge in [0, 0.05) is 0 Å². The Morgan fingerprint density at radius 1 is 1.05 bits per heavy atom. The van der Waals surface area contributed by atoms with E-state index in [0.29, 0.717) is 5.56 Å². The van der Waals surface area contributed by atoms with Crippen molar-refractivity contribution in [2.24, 2.45) is 5.73 Å². The van der Waals surface area contributed by atoms with Gasteiger partial charge in [0.05, 0.1) is 5.69 Å². The number of carbonyl (C=O) groups excluding carboxylic acids is 1. The van der Waals surface area contributed by atoms with Crippen molar-refractivity contribution in [2.75, 3.05) is 5.32 Å². The highest BCUT2D eigenvalue weighted by molar-refractivity contribution is 5.96. The summed E-state index contributed by atoms with van der Waals surface area (Å²) in [5, 5.41) is 2.49. The molecule has 0 aliphatic heterocycles. The molecule has 1 amide bonds. The third-order valence-corrected chi connectivity index (χ3v) is 2.80. The van der Waals surface area contributed by atoms with E-state index in [4.69, 9.17) is 5.73 Å². The molecule has 4 nitrogen and oxygen atoms in total. The Hall–Kier alpha value is -2.47. The van der Waals surface area contributed by atoms with E-state index in [0.717, 1.165) is 0 Å². The van der Waals surface area contributed by atoms with Gasteiger partial charge in [-0.2, -0.15) is 8.78 Å². The Labute approximate surface area is 120 Å². The molecule has 0 spiro atoms. The second-order valence-electron chi connectivity index (χ2n) is 4.25. The van der Waals surface area contributed by atoms with Gasteiger partial charge in [-0.3, -0.25) is 4.79 Å². The Bertz CT molecular complexity index is 606. The third-order valence-electron chi connectivity index (χ3n) is 2.80. The van der Waals surface area contributed by atoms with Crippen LogP contribution in [0.25, 0.3) is 0 Å². The fraction of sp³-hybridized carbons (Fsp3) is 0.133. The minimum absolute atomic E-state index is 0.110. The molecule has 1 unspecified atom stereocenters. The number of alkyl halides is 2. The van der Waals surface area contributed by atoms with Crippen LogP contribution in [0.4, 0.5) is 14.5 Å². The van der Waals surface area contributed by atoms with E-state index in [1.54, 1.807) is 36.4 Å². The van der Waals surface area contributed by atoms with Crippen molar-refractivity contribution < 1.29 is 18.3 Å². The van der Waals surface area contributed by atoms with Crippen molar-refractivity contribution in [2.45, 2.75) is 12.7 Å². The maximum atomic E-state index is 12.3. The Kier molecular flexibility index (Phi) is 4.84. The number of nitrogens with one attached hydrogen (secondary N) is 1. The van der Waals surface area contributed by atoms with E-state index < -0.39 is 18.6 Å². The molecule has 2 aromatic rings. The van der Waals surface area contributed by atoms with Crippen LogP contribution >= 0.6 is 0 Å². The lowest BCUT2D eigenvalue weighted by Crippen LogP contribution is -2.28. The normalized spacial score (nSPS) is 12.0. The first-order valence-corrected chi connectivity index (χ1v) is 6.23. The number of para-hydroxylation sites is 2. The number of benzene rings is 2. The summed E-state index contributed by atoms with van der Waals surface area (Å²) >= 11 is 0. The van der Waals surface area contributed by atoms with Gasteiger partial charge < -0.3 is 15.8 Å². The number of halogens is 2. The van der Waals surface area contributed by atoms with Crippen LogP contribution in [0.1, 0.15) is 11.6 Å². The maximum absolute atomic E-state index is 12.3. The number of nitrogens with two attached hydrogens (primary N) is 1. The molecule has 0 aliphatic carbocycles. The lowest BCUT2D eigenvalue weighted by Gasteiger charge is -2.15. The minimum Gasteiger partial charge on any atom is -0.433 e. The largest absolute Gasteiger partial charge is 0.433 e. The molecule has 0 bridgehead atoms. The van der Waals surface area contributed by atoms with Crippen LogP contribution in [-0.2, 0) is 4.79 Å². The zero-order valence-electron chi connectivity index (χ0n) is 11.0. The lowest BCUT2D eigenvalue weighted by molar-refractivity contribution is -0.117. The maximum Gasteiger partial charge on any atom is 0.387 e. The molecule has 0 heterocycles. The molecular weight excluding hydrogens is 278 g/mol. The van der Waals surface area contributed by atoms with Crippen molar-refractivity contribution in [3.63, 3.8) is 0 Å². The van der Waals surface area contributed by atoms with Gasteiger partial charge in [-0.05, 0) is 17.7 Å². The molecule has 110 valence electrons. The number of ether oxygens (including phenoxy) is 1. The quantitative estimate of drug-likeness (QED) is 0.890.